The van der Waals surface area contributed by atoms with Crippen molar-refractivity contribution in [2.45, 2.75) is 95.9 Å². The Bertz CT molecular complexity index is 2170. The predicted molar refractivity (Wildman–Crippen MR) is 224 cm³/mol. The van der Waals surface area contributed by atoms with Crippen molar-refractivity contribution in [3.8, 4) is 0 Å². The van der Waals surface area contributed by atoms with Crippen LogP contribution in [0.2, 0.25) is 0 Å². The van der Waals surface area contributed by atoms with Crippen LogP contribution >= 0.6 is 0 Å². The number of nitro groups is 1. The Labute approximate surface area is 348 Å². The number of H-pyrrole nitrogens is 1. The second kappa shape index (κ2) is 18.9. The fourth-order valence-electron chi connectivity index (χ4n) is 8.70. The second-order valence-electron chi connectivity index (χ2n) is 16.5. The molecule has 0 radical (unpaired) electrons. The maximum atomic E-state index is 14.4. The zero-order valence-electron chi connectivity index (χ0n) is 34.5. The summed E-state index contributed by atoms with van der Waals surface area (Å²) in [6.45, 7) is 5.90. The number of nitrogens with two attached hydrogens (primary N) is 1. The van der Waals surface area contributed by atoms with Crippen LogP contribution in [0.1, 0.15) is 69.6 Å². The summed E-state index contributed by atoms with van der Waals surface area (Å²) in [6, 6.07) is 8.14. The van der Waals surface area contributed by atoms with Gasteiger partial charge in [0.05, 0.1) is 10.8 Å². The fraction of sp³-hybridized carbons (Fsp3) is 0.488. The van der Waals surface area contributed by atoms with E-state index in [-0.39, 0.29) is 54.9 Å². The lowest BCUT2D eigenvalue weighted by atomic mass is 9.79. The number of hydrogen-bond acceptors (Lipinski definition) is 9. The minimum absolute atomic E-state index is 0.0188. The van der Waals surface area contributed by atoms with Gasteiger partial charge in [-0.25, -0.2) is 0 Å². The molecule has 1 aromatic heterocycles. The van der Waals surface area contributed by atoms with Crippen LogP contribution in [-0.4, -0.2) is 112 Å². The fourth-order valence-corrected chi connectivity index (χ4v) is 8.70. The summed E-state index contributed by atoms with van der Waals surface area (Å²) in [7, 11) is 2.00. The molecule has 6 amide bonds. The minimum atomic E-state index is -1.16. The van der Waals surface area contributed by atoms with Crippen molar-refractivity contribution in [1.82, 2.24) is 36.1 Å². The maximum absolute atomic E-state index is 14.4. The van der Waals surface area contributed by atoms with E-state index in [4.69, 9.17) is 5.73 Å². The van der Waals surface area contributed by atoms with Crippen molar-refractivity contribution >= 4 is 57.6 Å². The zero-order chi connectivity index (χ0) is 43.2. The minimum Gasteiger partial charge on any atom is -0.368 e. The first-order valence-electron chi connectivity index (χ1n) is 20.6. The first-order valence-corrected chi connectivity index (χ1v) is 20.6. The summed E-state index contributed by atoms with van der Waals surface area (Å²) >= 11 is 0. The number of likely N-dealkylation sites (N-methyl/N-ethyl adjacent to an activating group) is 1. The number of carbonyl (C=O) groups is 6. The molecule has 3 aliphatic rings. The van der Waals surface area contributed by atoms with Crippen LogP contribution in [0.15, 0.2) is 54.7 Å². The van der Waals surface area contributed by atoms with Gasteiger partial charge in [0.15, 0.2) is 0 Å². The molecule has 1 saturated heterocycles. The van der Waals surface area contributed by atoms with Crippen LogP contribution in [0.5, 0.6) is 0 Å². The van der Waals surface area contributed by atoms with Gasteiger partial charge in [-0.3, -0.25) is 43.8 Å². The maximum Gasteiger partial charge on any atom is 0.269 e. The number of aromatic nitrogens is 1. The van der Waals surface area contributed by atoms with Gasteiger partial charge in [0.25, 0.3) is 5.69 Å². The lowest BCUT2D eigenvalue weighted by molar-refractivity contribution is -0.384. The first-order chi connectivity index (χ1) is 28.6. The number of nitrogens with zero attached hydrogens (tertiary/aromatic N) is 3. The topological polar surface area (TPSA) is 242 Å². The molecule has 6 rings (SSSR count). The van der Waals surface area contributed by atoms with E-state index in [1.54, 1.807) is 0 Å². The number of unbranched alkanes of at least 4 members (excludes halogenated alkanes) is 1. The van der Waals surface area contributed by atoms with Gasteiger partial charge >= 0.3 is 0 Å². The van der Waals surface area contributed by atoms with Crippen LogP contribution < -0.4 is 27.0 Å². The van der Waals surface area contributed by atoms with Crippen molar-refractivity contribution in [2.75, 3.05) is 26.7 Å². The summed E-state index contributed by atoms with van der Waals surface area (Å²) in [6.07, 6.45) is 7.12. The lowest BCUT2D eigenvalue weighted by Crippen LogP contribution is -2.59. The molecule has 0 saturated carbocycles. The van der Waals surface area contributed by atoms with E-state index in [2.05, 4.69) is 37.2 Å². The van der Waals surface area contributed by atoms with Crippen LogP contribution in [0.3, 0.4) is 0 Å². The number of likely N-dealkylation sites (tertiary alicyclic amines) is 1. The third-order valence-corrected chi connectivity index (χ3v) is 11.8. The average Bonchev–Trinajstić information content (AvgIpc) is 3.87. The molecule has 3 heterocycles. The quantitative estimate of drug-likeness (QED) is 0.0663. The highest BCUT2D eigenvalue weighted by Crippen LogP contribution is 2.40. The molecule has 0 unspecified atom stereocenters. The van der Waals surface area contributed by atoms with Crippen LogP contribution in [0.4, 0.5) is 5.69 Å². The number of nitro benzene ring substituents is 1. The number of nitrogens with one attached hydrogen (secondary N) is 5. The molecule has 60 heavy (non-hydrogen) atoms. The molecule has 7 N–H and O–H groups in total. The molecule has 17 nitrogen and oxygen atoms in total. The molecular formula is C43H55N9O8. The first kappa shape index (κ1) is 43.5. The highest BCUT2D eigenvalue weighted by atomic mass is 16.6. The van der Waals surface area contributed by atoms with E-state index in [1.165, 1.54) is 41.7 Å². The van der Waals surface area contributed by atoms with Crippen LogP contribution in [-0.2, 0) is 41.6 Å². The number of aromatic amines is 1. The van der Waals surface area contributed by atoms with E-state index >= 15 is 0 Å². The standard InChI is InChI=1S/C43H55N9O8/c1-24(2)38(49-40(55)28-20-31-30-9-7-11-32-37(30)27(22-46-32)21-36(31)50(4)23-28)42(57)48-34(19-26-13-15-29(16-14-26)52(59)60)43(58)51-18-8-12-35(51)41(56)45-17-6-5-10-33(39(44)54)47-25(3)53/h7,9,11,13-16,20,22,24,28,33-36,38,46H,5-6,8,10,12,17-19,21,23H2,1-4H3,(H2,44,54)(H,45,56)(H,47,53)(H,48,57)(H,49,55)/t28-,33+,34+,35+,36-,38+/m1/s1. The molecule has 2 aliphatic heterocycles. The number of hydrogen-bond donors (Lipinski definition) is 6. The Morgan fingerprint density at radius 2 is 1.73 bits per heavy atom. The molecular weight excluding hydrogens is 771 g/mol. The van der Waals surface area contributed by atoms with Crippen molar-refractivity contribution in [2.24, 2.45) is 17.6 Å². The highest BCUT2D eigenvalue weighted by molar-refractivity contribution is 6.00. The Morgan fingerprint density at radius 1 is 0.983 bits per heavy atom. The lowest BCUT2D eigenvalue weighted by Gasteiger charge is -2.39. The predicted octanol–water partition coefficient (Wildman–Crippen LogP) is 2.08. The van der Waals surface area contributed by atoms with Gasteiger partial charge in [-0.2, -0.15) is 0 Å². The third-order valence-electron chi connectivity index (χ3n) is 11.8. The van der Waals surface area contributed by atoms with E-state index in [9.17, 15) is 38.9 Å². The van der Waals surface area contributed by atoms with Crippen molar-refractivity contribution in [1.29, 1.82) is 0 Å². The number of fused-ring (bicyclic) bond motifs is 2. The summed E-state index contributed by atoms with van der Waals surface area (Å²) < 4.78 is 0. The summed E-state index contributed by atoms with van der Waals surface area (Å²) in [5.41, 5.74) is 10.2. The van der Waals surface area contributed by atoms with Crippen LogP contribution in [0, 0.1) is 22.0 Å². The average molecular weight is 826 g/mol. The number of carbonyl (C=O) groups excluding carboxylic acids is 6. The summed E-state index contributed by atoms with van der Waals surface area (Å²) in [4.78, 5) is 97.0. The SMILES string of the molecule is CC(=O)N[C@@H](CCCCNC(=O)[C@@H]1CCCN1C(=O)[C@H](Cc1ccc([N+](=O)[O-])cc1)NC(=O)[C@@H](NC(=O)[C@@H]1C=C2c3cccc4[nH]cc(c34)C[C@H]2N(C)C1)C(C)C)C(N)=O. The van der Waals surface area contributed by atoms with Gasteiger partial charge in [0.1, 0.15) is 24.2 Å². The molecule has 17 heteroatoms. The molecule has 0 spiro atoms. The Morgan fingerprint density at radius 3 is 2.42 bits per heavy atom. The molecule has 6 atom stereocenters. The molecule has 1 fully saturated rings. The van der Waals surface area contributed by atoms with E-state index in [0.29, 0.717) is 44.2 Å². The largest absolute Gasteiger partial charge is 0.368 e. The molecule has 3 aromatic rings. The van der Waals surface area contributed by atoms with Gasteiger partial charge in [0.2, 0.25) is 35.4 Å². The number of amides is 6. The molecule has 0 bridgehead atoms. The van der Waals surface area contributed by atoms with Crippen LogP contribution in [0.25, 0.3) is 16.5 Å². The van der Waals surface area contributed by atoms with Gasteiger partial charge in [-0.05, 0) is 79.8 Å². The second-order valence-corrected chi connectivity index (χ2v) is 16.5. The molecule has 320 valence electrons. The van der Waals surface area contributed by atoms with Crippen molar-refractivity contribution in [3.63, 3.8) is 0 Å². The van der Waals surface area contributed by atoms with Gasteiger partial charge in [-0.1, -0.05) is 44.2 Å². The van der Waals surface area contributed by atoms with Crippen molar-refractivity contribution in [3.05, 3.63) is 81.5 Å². The third kappa shape index (κ3) is 9.84. The van der Waals surface area contributed by atoms with E-state index in [0.717, 1.165) is 28.5 Å². The van der Waals surface area contributed by atoms with E-state index in [1.807, 2.05) is 45.3 Å². The number of non-ortho nitro benzene ring substituents is 1. The highest BCUT2D eigenvalue weighted by Gasteiger charge is 2.40. The molecule has 1 aliphatic carbocycles. The van der Waals surface area contributed by atoms with Crippen molar-refractivity contribution < 1.29 is 33.7 Å². The van der Waals surface area contributed by atoms with E-state index < -0.39 is 52.7 Å². The monoisotopic (exact) mass is 825 g/mol. The molecule has 2 aromatic carbocycles. The Kier molecular flexibility index (Phi) is 13.7. The summed E-state index contributed by atoms with van der Waals surface area (Å²) in [5, 5.41) is 23.8. The van der Waals surface area contributed by atoms with Gasteiger partial charge in [-0.15, -0.1) is 0 Å². The Balaban J connectivity index is 1.15. The number of primary amides is 1. The normalized spacial score (nSPS) is 20.1. The number of benzene rings is 2. The smallest absolute Gasteiger partial charge is 0.269 e. The Hall–Kier alpha value is -6.10. The zero-order valence-corrected chi connectivity index (χ0v) is 34.5. The summed E-state index contributed by atoms with van der Waals surface area (Å²) in [5.74, 6) is -3.67. The number of rotatable bonds is 17. The van der Waals surface area contributed by atoms with Gasteiger partial charge < -0.3 is 36.9 Å². The van der Waals surface area contributed by atoms with Gasteiger partial charge in [0, 0.05) is 68.3 Å².